The van der Waals surface area contributed by atoms with Crippen LogP contribution < -0.4 is 5.32 Å². The normalized spacial score (nSPS) is 10.6. The molecule has 0 atom stereocenters. The van der Waals surface area contributed by atoms with Crippen molar-refractivity contribution in [2.75, 3.05) is 13.2 Å². The van der Waals surface area contributed by atoms with Gasteiger partial charge in [0.2, 0.25) is 0 Å². The number of hydrogen-bond acceptors (Lipinski definition) is 4. The third kappa shape index (κ3) is 6.66. The number of hydrogen-bond donors (Lipinski definition) is 2. The van der Waals surface area contributed by atoms with Crippen molar-refractivity contribution in [3.63, 3.8) is 0 Å². The van der Waals surface area contributed by atoms with Gasteiger partial charge in [0, 0.05) is 29.8 Å². The Morgan fingerprint density at radius 1 is 1.21 bits per heavy atom. The lowest BCUT2D eigenvalue weighted by Gasteiger charge is -2.05. The largest absolute Gasteiger partial charge is 0.396 e. The zero-order valence-corrected chi connectivity index (χ0v) is 12.4. The summed E-state index contributed by atoms with van der Waals surface area (Å²) in [7, 11) is 0. The third-order valence-electron chi connectivity index (χ3n) is 2.74. The Morgan fingerprint density at radius 2 is 1.95 bits per heavy atom. The maximum Gasteiger partial charge on any atom is 0.270 e. The lowest BCUT2D eigenvalue weighted by molar-refractivity contribution is -0.385. The van der Waals surface area contributed by atoms with E-state index in [0.717, 1.165) is 42.3 Å². The van der Waals surface area contributed by atoms with Gasteiger partial charge in [-0.3, -0.25) is 10.1 Å². The van der Waals surface area contributed by atoms with E-state index in [4.69, 9.17) is 5.11 Å². The van der Waals surface area contributed by atoms with Crippen molar-refractivity contribution in [1.29, 1.82) is 0 Å². The van der Waals surface area contributed by atoms with Gasteiger partial charge in [0.15, 0.2) is 0 Å². The first-order valence-corrected chi connectivity index (χ1v) is 7.18. The molecule has 1 aromatic carbocycles. The number of rotatable bonds is 9. The van der Waals surface area contributed by atoms with E-state index in [9.17, 15) is 10.1 Å². The zero-order valence-electron chi connectivity index (χ0n) is 10.8. The Kier molecular flexibility index (Phi) is 7.62. The average Bonchev–Trinajstić information content (AvgIpc) is 2.37. The topological polar surface area (TPSA) is 75.4 Å². The van der Waals surface area contributed by atoms with Gasteiger partial charge in [0.1, 0.15) is 0 Å². The van der Waals surface area contributed by atoms with Crippen LogP contribution in [0.4, 0.5) is 5.69 Å². The first-order valence-electron chi connectivity index (χ1n) is 6.39. The minimum atomic E-state index is -0.386. The van der Waals surface area contributed by atoms with Crippen molar-refractivity contribution in [2.24, 2.45) is 0 Å². The van der Waals surface area contributed by atoms with Crippen LogP contribution in [0.1, 0.15) is 31.2 Å². The number of nitrogens with one attached hydrogen (secondary N) is 1. The molecule has 0 bridgehead atoms. The average molecular weight is 331 g/mol. The van der Waals surface area contributed by atoms with E-state index in [2.05, 4.69) is 21.2 Å². The van der Waals surface area contributed by atoms with Crippen molar-refractivity contribution in [2.45, 2.75) is 32.2 Å². The second kappa shape index (κ2) is 9.01. The highest BCUT2D eigenvalue weighted by Crippen LogP contribution is 2.21. The number of halogens is 1. The van der Waals surface area contributed by atoms with E-state index in [0.29, 0.717) is 6.54 Å². The third-order valence-corrected chi connectivity index (χ3v) is 3.20. The number of aliphatic hydroxyl groups excluding tert-OH is 1. The van der Waals surface area contributed by atoms with Crippen LogP contribution >= 0.6 is 15.9 Å². The van der Waals surface area contributed by atoms with Crippen LogP contribution in [0.25, 0.3) is 0 Å². The maximum atomic E-state index is 10.7. The fourth-order valence-electron chi connectivity index (χ4n) is 1.79. The van der Waals surface area contributed by atoms with E-state index < -0.39 is 0 Å². The standard InChI is InChI=1S/C13H19BrN2O3/c14-12-7-11(8-13(9-12)16(18)19)10-15-5-3-1-2-4-6-17/h7-9,15,17H,1-6,10H2. The number of non-ortho nitro benzene ring substituents is 1. The van der Waals surface area contributed by atoms with Crippen LogP contribution in [0.2, 0.25) is 0 Å². The highest BCUT2D eigenvalue weighted by atomic mass is 79.9. The van der Waals surface area contributed by atoms with Gasteiger partial charge in [-0.2, -0.15) is 0 Å². The molecular weight excluding hydrogens is 312 g/mol. The number of benzene rings is 1. The molecule has 106 valence electrons. The summed E-state index contributed by atoms with van der Waals surface area (Å²) in [6, 6.07) is 4.97. The Morgan fingerprint density at radius 3 is 2.63 bits per heavy atom. The molecule has 0 aliphatic rings. The summed E-state index contributed by atoms with van der Waals surface area (Å²) in [6.45, 7) is 1.77. The summed E-state index contributed by atoms with van der Waals surface area (Å²) in [5.74, 6) is 0. The molecule has 0 fully saturated rings. The summed E-state index contributed by atoms with van der Waals surface area (Å²) in [5, 5.41) is 22.6. The molecule has 0 radical (unpaired) electrons. The number of nitro benzene ring substituents is 1. The predicted molar refractivity (Wildman–Crippen MR) is 78.1 cm³/mol. The highest BCUT2D eigenvalue weighted by molar-refractivity contribution is 9.10. The van der Waals surface area contributed by atoms with Gasteiger partial charge in [-0.15, -0.1) is 0 Å². The van der Waals surface area contributed by atoms with E-state index in [-0.39, 0.29) is 17.2 Å². The van der Waals surface area contributed by atoms with Crippen LogP contribution in [0, 0.1) is 10.1 Å². The molecule has 0 amide bonds. The quantitative estimate of drug-likeness (QED) is 0.414. The van der Waals surface area contributed by atoms with Gasteiger partial charge in [0.25, 0.3) is 5.69 Å². The Hall–Kier alpha value is -0.980. The first-order chi connectivity index (χ1) is 9.13. The molecule has 1 aromatic rings. The second-order valence-corrected chi connectivity index (χ2v) is 5.31. The summed E-state index contributed by atoms with van der Waals surface area (Å²) < 4.78 is 0.724. The fraction of sp³-hybridized carbons (Fsp3) is 0.538. The van der Waals surface area contributed by atoms with Gasteiger partial charge in [-0.25, -0.2) is 0 Å². The molecule has 0 heterocycles. The molecular formula is C13H19BrN2O3. The summed E-state index contributed by atoms with van der Waals surface area (Å²) in [4.78, 5) is 10.3. The van der Waals surface area contributed by atoms with Crippen LogP contribution in [0.15, 0.2) is 22.7 Å². The Bertz CT molecular complexity index is 413. The van der Waals surface area contributed by atoms with Gasteiger partial charge >= 0.3 is 0 Å². The van der Waals surface area contributed by atoms with Crippen LogP contribution in [-0.2, 0) is 6.54 Å². The number of nitro groups is 1. The summed E-state index contributed by atoms with van der Waals surface area (Å²) in [5.41, 5.74) is 1.01. The predicted octanol–water partition coefficient (Wildman–Crippen LogP) is 3.00. The lowest BCUT2D eigenvalue weighted by Crippen LogP contribution is -2.14. The number of unbranched alkanes of at least 4 members (excludes halogenated alkanes) is 3. The lowest BCUT2D eigenvalue weighted by atomic mass is 10.2. The molecule has 5 nitrogen and oxygen atoms in total. The van der Waals surface area contributed by atoms with Gasteiger partial charge < -0.3 is 10.4 Å². The molecule has 0 unspecified atom stereocenters. The Labute approximate surface area is 121 Å². The molecule has 6 heteroatoms. The van der Waals surface area contributed by atoms with Gasteiger partial charge in [0.05, 0.1) is 4.92 Å². The van der Waals surface area contributed by atoms with Gasteiger partial charge in [-0.05, 0) is 31.0 Å². The zero-order chi connectivity index (χ0) is 14.1. The van der Waals surface area contributed by atoms with E-state index in [1.807, 2.05) is 6.07 Å². The van der Waals surface area contributed by atoms with Crippen molar-refractivity contribution in [3.05, 3.63) is 38.3 Å². The monoisotopic (exact) mass is 330 g/mol. The molecule has 0 aliphatic carbocycles. The molecule has 2 N–H and O–H groups in total. The van der Waals surface area contributed by atoms with Gasteiger partial charge in [-0.1, -0.05) is 28.8 Å². The molecule has 1 rings (SSSR count). The second-order valence-electron chi connectivity index (χ2n) is 4.39. The summed E-state index contributed by atoms with van der Waals surface area (Å²) >= 11 is 3.28. The number of aliphatic hydroxyl groups is 1. The maximum absolute atomic E-state index is 10.7. The van der Waals surface area contributed by atoms with E-state index in [1.54, 1.807) is 6.07 Å². The molecule has 0 aliphatic heterocycles. The summed E-state index contributed by atoms with van der Waals surface area (Å²) in [6.07, 6.45) is 4.04. The molecule has 0 saturated heterocycles. The molecule has 0 saturated carbocycles. The smallest absolute Gasteiger partial charge is 0.270 e. The fourth-order valence-corrected chi connectivity index (χ4v) is 2.32. The minimum absolute atomic E-state index is 0.106. The molecule has 0 aromatic heterocycles. The molecule has 19 heavy (non-hydrogen) atoms. The van der Waals surface area contributed by atoms with E-state index >= 15 is 0 Å². The molecule has 0 spiro atoms. The highest BCUT2D eigenvalue weighted by Gasteiger charge is 2.08. The Balaban J connectivity index is 2.31. The number of nitrogens with zero attached hydrogens (tertiary/aromatic N) is 1. The van der Waals surface area contributed by atoms with Crippen molar-refractivity contribution in [1.82, 2.24) is 5.32 Å². The van der Waals surface area contributed by atoms with Crippen molar-refractivity contribution >= 4 is 21.6 Å². The van der Waals surface area contributed by atoms with Crippen molar-refractivity contribution in [3.8, 4) is 0 Å². The van der Waals surface area contributed by atoms with E-state index in [1.165, 1.54) is 6.07 Å². The van der Waals surface area contributed by atoms with Crippen molar-refractivity contribution < 1.29 is 10.0 Å². The minimum Gasteiger partial charge on any atom is -0.396 e. The first kappa shape index (κ1) is 16.1. The SMILES string of the molecule is O=[N+]([O-])c1cc(Br)cc(CNCCCCCCO)c1. The van der Waals surface area contributed by atoms with Crippen LogP contribution in [0.5, 0.6) is 0 Å². The van der Waals surface area contributed by atoms with Crippen LogP contribution in [0.3, 0.4) is 0 Å². The van der Waals surface area contributed by atoms with Crippen LogP contribution in [-0.4, -0.2) is 23.2 Å².